The van der Waals surface area contributed by atoms with E-state index in [0.29, 0.717) is 40.4 Å². The Morgan fingerprint density at radius 3 is 2.56 bits per heavy atom. The van der Waals surface area contributed by atoms with Crippen molar-refractivity contribution < 1.29 is 14.0 Å². The molecule has 0 amide bonds. The highest BCUT2D eigenvalue weighted by Gasteiger charge is 2.29. The largest absolute Gasteiger partial charge is 0.616 e. The molecule has 1 aromatic rings. The van der Waals surface area contributed by atoms with Crippen molar-refractivity contribution in [2.45, 2.75) is 38.8 Å². The molecule has 0 atom stereocenters. The molecule has 0 bridgehead atoms. The predicted molar refractivity (Wildman–Crippen MR) is 164 cm³/mol. The second kappa shape index (κ2) is 13.2. The SMILES string of the molecule is C/N=C1/NC(C(/C)=C/C=C(\C)N2CCN(C3COC3)CC2)=C/C1=C(/N)c1ccc(OC2CC[S+]([O-])CC2)c(C#N)c1. The van der Waals surface area contributed by atoms with Gasteiger partial charge in [0.2, 0.25) is 0 Å². The standard InChI is InChI=1S/C31H40N6O3S/c1-21(4-5-22(2)36-10-12-37(13-11-36)25-19-39-20-25)28-17-27(31(34-3)35-28)30(33)23-6-7-29(24(16-23)18-32)40-26-8-14-41(38)15-9-26/h4-7,16-17,25-26H,8-15,19-20,33H2,1-3H3,(H,34,35)/b21-4+,22-5+,30-27-. The molecule has 0 aromatic heterocycles. The van der Waals surface area contributed by atoms with Crippen LogP contribution in [0.1, 0.15) is 37.8 Å². The van der Waals surface area contributed by atoms with Crippen molar-refractivity contribution in [1.29, 1.82) is 5.26 Å². The van der Waals surface area contributed by atoms with E-state index in [1.54, 1.807) is 19.2 Å². The summed E-state index contributed by atoms with van der Waals surface area (Å²) >= 11 is -0.760. The maximum absolute atomic E-state index is 11.7. The predicted octanol–water partition coefficient (Wildman–Crippen LogP) is 2.90. The Hall–Kier alpha value is -3.23. The Morgan fingerprint density at radius 2 is 1.93 bits per heavy atom. The molecule has 3 saturated heterocycles. The number of benzene rings is 1. The summed E-state index contributed by atoms with van der Waals surface area (Å²) in [5.41, 5.74) is 12.4. The molecule has 218 valence electrons. The first-order valence-electron chi connectivity index (χ1n) is 14.3. The van der Waals surface area contributed by atoms with Crippen molar-refractivity contribution in [1.82, 2.24) is 15.1 Å². The smallest absolute Gasteiger partial charge is 0.137 e. The number of hydrogen-bond acceptors (Lipinski definition) is 8. The van der Waals surface area contributed by atoms with Crippen molar-refractivity contribution in [2.75, 3.05) is 57.9 Å². The van der Waals surface area contributed by atoms with Gasteiger partial charge in [0.25, 0.3) is 0 Å². The van der Waals surface area contributed by atoms with Gasteiger partial charge in [0.1, 0.15) is 35.3 Å². The third kappa shape index (κ3) is 6.81. The molecule has 4 aliphatic heterocycles. The number of nitrogens with two attached hydrogens (primary N) is 1. The average molecular weight is 577 g/mol. The molecule has 0 radical (unpaired) electrons. The Bertz CT molecular complexity index is 1320. The molecule has 0 spiro atoms. The molecule has 9 nitrogen and oxygen atoms in total. The van der Waals surface area contributed by atoms with Crippen LogP contribution in [0.5, 0.6) is 5.75 Å². The van der Waals surface area contributed by atoms with Crippen LogP contribution < -0.4 is 15.8 Å². The summed E-state index contributed by atoms with van der Waals surface area (Å²) in [4.78, 5) is 9.40. The lowest BCUT2D eigenvalue weighted by Crippen LogP contribution is -2.56. The molecule has 4 heterocycles. The molecule has 3 N–H and O–H groups in total. The van der Waals surface area contributed by atoms with E-state index in [-0.39, 0.29) is 6.10 Å². The van der Waals surface area contributed by atoms with Crippen molar-refractivity contribution in [2.24, 2.45) is 10.7 Å². The van der Waals surface area contributed by atoms with Crippen molar-refractivity contribution >= 4 is 22.7 Å². The van der Waals surface area contributed by atoms with Gasteiger partial charge in [-0.15, -0.1) is 0 Å². The molecule has 41 heavy (non-hydrogen) atoms. The lowest BCUT2D eigenvalue weighted by Gasteiger charge is -2.43. The van der Waals surface area contributed by atoms with Gasteiger partial charge in [0.15, 0.2) is 0 Å². The van der Waals surface area contributed by atoms with E-state index in [0.717, 1.165) is 74.6 Å². The number of amidine groups is 1. The van der Waals surface area contributed by atoms with E-state index in [1.165, 1.54) is 5.70 Å². The molecule has 0 unspecified atom stereocenters. The number of ether oxygens (including phenoxy) is 2. The van der Waals surface area contributed by atoms with Gasteiger partial charge in [-0.2, -0.15) is 5.26 Å². The number of aliphatic imine (C=N–C) groups is 1. The summed E-state index contributed by atoms with van der Waals surface area (Å²) in [7, 11) is 1.74. The lowest BCUT2D eigenvalue weighted by atomic mass is 10.0. The summed E-state index contributed by atoms with van der Waals surface area (Å²) in [5.74, 6) is 2.51. The van der Waals surface area contributed by atoms with Gasteiger partial charge in [0, 0.05) is 68.7 Å². The lowest BCUT2D eigenvalue weighted by molar-refractivity contribution is -0.0747. The number of nitrogens with zero attached hydrogens (tertiary/aromatic N) is 4. The molecule has 10 heteroatoms. The molecule has 1 aromatic carbocycles. The van der Waals surface area contributed by atoms with Gasteiger partial charge >= 0.3 is 0 Å². The van der Waals surface area contributed by atoms with E-state index >= 15 is 0 Å². The van der Waals surface area contributed by atoms with Crippen LogP contribution in [0, 0.1) is 11.3 Å². The number of nitrogens with one attached hydrogen (secondary N) is 1. The fourth-order valence-corrected chi connectivity index (χ4v) is 6.72. The van der Waals surface area contributed by atoms with Crippen molar-refractivity contribution in [3.05, 3.63) is 70.1 Å². The first-order valence-corrected chi connectivity index (χ1v) is 15.8. The number of allylic oxidation sites excluding steroid dienone is 4. The van der Waals surface area contributed by atoms with E-state index in [9.17, 15) is 9.81 Å². The van der Waals surface area contributed by atoms with Gasteiger partial charge in [-0.3, -0.25) is 9.89 Å². The quantitative estimate of drug-likeness (QED) is 0.375. The topological polar surface area (TPSA) is 122 Å². The zero-order valence-corrected chi connectivity index (χ0v) is 25.0. The maximum Gasteiger partial charge on any atom is 0.137 e. The molecule has 3 fully saturated rings. The van der Waals surface area contributed by atoms with Crippen LogP contribution in [-0.4, -0.2) is 90.3 Å². The second-order valence-corrected chi connectivity index (χ2v) is 12.6. The highest BCUT2D eigenvalue weighted by molar-refractivity contribution is 7.91. The van der Waals surface area contributed by atoms with Gasteiger partial charge in [0.05, 0.1) is 24.8 Å². The van der Waals surface area contributed by atoms with Crippen LogP contribution >= 0.6 is 0 Å². The van der Waals surface area contributed by atoms with Crippen LogP contribution in [0.15, 0.2) is 64.0 Å². The summed E-state index contributed by atoms with van der Waals surface area (Å²) in [6.07, 6.45) is 7.77. The van der Waals surface area contributed by atoms with Gasteiger partial charge < -0.3 is 30.0 Å². The first kappa shape index (κ1) is 29.3. The van der Waals surface area contributed by atoms with Crippen molar-refractivity contribution in [3.8, 4) is 11.8 Å². The Labute approximate surface area is 246 Å². The van der Waals surface area contributed by atoms with Crippen molar-refractivity contribution in [3.63, 3.8) is 0 Å². The molecular formula is C31H40N6O3S. The first-order chi connectivity index (χ1) is 19.9. The highest BCUT2D eigenvalue weighted by Crippen LogP contribution is 2.29. The number of nitriles is 1. The van der Waals surface area contributed by atoms with Crippen LogP contribution in [0.2, 0.25) is 0 Å². The monoisotopic (exact) mass is 576 g/mol. The third-order valence-electron chi connectivity index (χ3n) is 8.30. The van der Waals surface area contributed by atoms with E-state index < -0.39 is 11.2 Å². The summed E-state index contributed by atoms with van der Waals surface area (Å²) in [5, 5.41) is 13.2. The van der Waals surface area contributed by atoms with E-state index in [1.807, 2.05) is 12.1 Å². The normalized spacial score (nSPS) is 26.8. The van der Waals surface area contributed by atoms with Crippen LogP contribution in [0.25, 0.3) is 5.70 Å². The fraction of sp³-hybridized carbons (Fsp3) is 0.484. The summed E-state index contributed by atoms with van der Waals surface area (Å²) in [6, 6.07) is 8.30. The minimum atomic E-state index is -0.760. The van der Waals surface area contributed by atoms with Crippen LogP contribution in [-0.2, 0) is 15.9 Å². The van der Waals surface area contributed by atoms with Crippen LogP contribution in [0.4, 0.5) is 0 Å². The average Bonchev–Trinajstić information content (AvgIpc) is 3.41. The molecular weight excluding hydrogens is 536 g/mol. The number of hydrogen-bond donors (Lipinski definition) is 2. The van der Waals surface area contributed by atoms with Crippen LogP contribution in [0.3, 0.4) is 0 Å². The Balaban J connectivity index is 1.29. The van der Waals surface area contributed by atoms with Gasteiger partial charge in [-0.05, 0) is 55.3 Å². The van der Waals surface area contributed by atoms with Gasteiger partial charge in [-0.1, -0.05) is 17.3 Å². The van der Waals surface area contributed by atoms with Gasteiger partial charge in [-0.25, -0.2) is 0 Å². The van der Waals surface area contributed by atoms with E-state index in [2.05, 4.69) is 52.2 Å². The third-order valence-corrected chi connectivity index (χ3v) is 9.68. The molecule has 0 aliphatic carbocycles. The molecule has 5 rings (SSSR count). The molecule has 4 aliphatic rings. The fourth-order valence-electron chi connectivity index (χ4n) is 5.47. The second-order valence-electron chi connectivity index (χ2n) is 10.9. The minimum absolute atomic E-state index is 0.0239. The minimum Gasteiger partial charge on any atom is -0.616 e. The van der Waals surface area contributed by atoms with E-state index in [4.69, 9.17) is 15.2 Å². The zero-order valence-electron chi connectivity index (χ0n) is 24.2. The number of rotatable bonds is 7. The number of piperazine rings is 1. The maximum atomic E-state index is 11.7. The molecule has 0 saturated carbocycles. The zero-order chi connectivity index (χ0) is 28.9. The highest BCUT2D eigenvalue weighted by atomic mass is 32.2. The summed E-state index contributed by atoms with van der Waals surface area (Å²) in [6.45, 7) is 10.2. The Morgan fingerprint density at radius 1 is 1.20 bits per heavy atom. The summed E-state index contributed by atoms with van der Waals surface area (Å²) < 4.78 is 23.1. The Kier molecular flexibility index (Phi) is 9.40.